The average molecular weight is 312 g/mol. The summed E-state index contributed by atoms with van der Waals surface area (Å²) >= 11 is 3.39. The third-order valence-corrected chi connectivity index (χ3v) is 3.57. The van der Waals surface area contributed by atoms with Crippen LogP contribution in [0.15, 0.2) is 16.7 Å². The van der Waals surface area contributed by atoms with Crippen molar-refractivity contribution < 1.29 is 0 Å². The van der Waals surface area contributed by atoms with Crippen molar-refractivity contribution in [3.05, 3.63) is 16.7 Å². The highest BCUT2D eigenvalue weighted by molar-refractivity contribution is 9.10. The van der Waals surface area contributed by atoms with Crippen molar-refractivity contribution in [1.82, 2.24) is 19.4 Å². The van der Waals surface area contributed by atoms with E-state index in [0.717, 1.165) is 28.7 Å². The van der Waals surface area contributed by atoms with Gasteiger partial charge in [0.1, 0.15) is 5.52 Å². The second kappa shape index (κ2) is 5.24. The van der Waals surface area contributed by atoms with Crippen molar-refractivity contribution in [2.24, 2.45) is 0 Å². The maximum absolute atomic E-state index is 5.94. The van der Waals surface area contributed by atoms with Gasteiger partial charge in [-0.1, -0.05) is 0 Å². The smallest absolute Gasteiger partial charge is 0.202 e. The molecule has 2 N–H and O–H groups in total. The van der Waals surface area contributed by atoms with Gasteiger partial charge in [-0.2, -0.15) is 0 Å². The van der Waals surface area contributed by atoms with Gasteiger partial charge < -0.3 is 10.6 Å². The number of rotatable bonds is 4. The van der Waals surface area contributed by atoms with E-state index in [2.05, 4.69) is 51.7 Å². The third-order valence-electron chi connectivity index (χ3n) is 3.14. The van der Waals surface area contributed by atoms with E-state index in [4.69, 9.17) is 5.73 Å². The van der Waals surface area contributed by atoms with Gasteiger partial charge in [0.25, 0.3) is 0 Å². The van der Waals surface area contributed by atoms with Gasteiger partial charge in [0.05, 0.1) is 0 Å². The van der Waals surface area contributed by atoms with Gasteiger partial charge in [-0.3, -0.25) is 4.57 Å². The number of imidazole rings is 1. The van der Waals surface area contributed by atoms with Crippen LogP contribution in [-0.2, 0) is 6.54 Å². The number of halogens is 1. The third kappa shape index (κ3) is 2.64. The molecule has 18 heavy (non-hydrogen) atoms. The normalized spacial score (nSPS) is 11.9. The maximum atomic E-state index is 5.94. The van der Waals surface area contributed by atoms with E-state index in [1.54, 1.807) is 6.20 Å². The minimum Gasteiger partial charge on any atom is -0.369 e. The molecule has 2 aromatic rings. The molecule has 98 valence electrons. The van der Waals surface area contributed by atoms with Crippen LogP contribution in [0.5, 0.6) is 0 Å². The molecule has 2 aromatic heterocycles. The van der Waals surface area contributed by atoms with E-state index in [0.29, 0.717) is 12.0 Å². The maximum Gasteiger partial charge on any atom is 0.202 e. The topological polar surface area (TPSA) is 60.0 Å². The Labute approximate surface area is 115 Å². The van der Waals surface area contributed by atoms with E-state index >= 15 is 0 Å². The Morgan fingerprint density at radius 1 is 1.50 bits per heavy atom. The number of aromatic nitrogens is 3. The first kappa shape index (κ1) is 13.3. The molecule has 0 fully saturated rings. The zero-order valence-electron chi connectivity index (χ0n) is 10.9. The zero-order chi connectivity index (χ0) is 13.3. The summed E-state index contributed by atoms with van der Waals surface area (Å²) in [7, 11) is 2.10. The highest BCUT2D eigenvalue weighted by Crippen LogP contribution is 2.19. The molecule has 0 atom stereocenters. The molecule has 2 heterocycles. The molecule has 0 aliphatic carbocycles. The fourth-order valence-corrected chi connectivity index (χ4v) is 2.06. The van der Waals surface area contributed by atoms with Crippen LogP contribution in [-0.4, -0.2) is 39.1 Å². The number of hydrogen-bond donors (Lipinski definition) is 1. The van der Waals surface area contributed by atoms with Crippen molar-refractivity contribution in [2.45, 2.75) is 26.4 Å². The lowest BCUT2D eigenvalue weighted by Crippen LogP contribution is -2.30. The van der Waals surface area contributed by atoms with Crippen molar-refractivity contribution >= 4 is 33.0 Å². The minimum atomic E-state index is 0.517. The van der Waals surface area contributed by atoms with Gasteiger partial charge in [-0.25, -0.2) is 9.97 Å². The number of pyridine rings is 1. The molecule has 6 heteroatoms. The Morgan fingerprint density at radius 3 is 2.89 bits per heavy atom. The summed E-state index contributed by atoms with van der Waals surface area (Å²) in [5, 5.41) is 0. The van der Waals surface area contributed by atoms with Crippen molar-refractivity contribution in [3.8, 4) is 0 Å². The van der Waals surface area contributed by atoms with Crippen LogP contribution in [0.4, 0.5) is 5.95 Å². The zero-order valence-corrected chi connectivity index (χ0v) is 12.5. The molecule has 0 spiro atoms. The predicted octanol–water partition coefficient (Wildman–Crippen LogP) is 2.12. The van der Waals surface area contributed by atoms with Crippen LogP contribution in [0.2, 0.25) is 0 Å². The minimum absolute atomic E-state index is 0.517. The second-order valence-corrected chi connectivity index (χ2v) is 5.61. The first-order valence-corrected chi connectivity index (χ1v) is 6.76. The van der Waals surface area contributed by atoms with E-state index in [1.165, 1.54) is 0 Å². The molecular formula is C12H18BrN5. The highest BCUT2D eigenvalue weighted by Gasteiger charge is 2.11. The number of likely N-dealkylation sites (N-methyl/N-ethyl adjacent to an activating group) is 1. The standard InChI is InChI=1S/C12H18BrN5/c1-8(2)17(3)4-5-18-11-10(16-12(18)14)6-9(13)7-15-11/h6-8H,4-5H2,1-3H3,(H2,14,16). The molecule has 2 rings (SSSR count). The number of nitrogen functional groups attached to an aromatic ring is 1. The summed E-state index contributed by atoms with van der Waals surface area (Å²) in [5.41, 5.74) is 7.61. The average Bonchev–Trinajstić information content (AvgIpc) is 2.60. The first-order valence-electron chi connectivity index (χ1n) is 5.96. The van der Waals surface area contributed by atoms with Gasteiger partial charge in [0.15, 0.2) is 5.65 Å². The predicted molar refractivity (Wildman–Crippen MR) is 77.4 cm³/mol. The van der Waals surface area contributed by atoms with Gasteiger partial charge in [0, 0.05) is 29.8 Å². The Morgan fingerprint density at radius 2 is 2.22 bits per heavy atom. The van der Waals surface area contributed by atoms with E-state index in [9.17, 15) is 0 Å². The Balaban J connectivity index is 2.25. The van der Waals surface area contributed by atoms with Gasteiger partial charge in [-0.05, 0) is 42.9 Å². The van der Waals surface area contributed by atoms with Crippen LogP contribution in [0.3, 0.4) is 0 Å². The summed E-state index contributed by atoms with van der Waals surface area (Å²) in [4.78, 5) is 11.0. The Kier molecular flexibility index (Phi) is 3.87. The summed E-state index contributed by atoms with van der Waals surface area (Å²) in [6.07, 6.45) is 1.77. The monoisotopic (exact) mass is 311 g/mol. The molecule has 0 aliphatic rings. The number of fused-ring (bicyclic) bond motifs is 1. The lowest BCUT2D eigenvalue weighted by Gasteiger charge is -2.21. The number of hydrogen-bond acceptors (Lipinski definition) is 4. The lowest BCUT2D eigenvalue weighted by molar-refractivity contribution is 0.264. The van der Waals surface area contributed by atoms with Crippen LogP contribution in [0.25, 0.3) is 11.2 Å². The van der Waals surface area contributed by atoms with Gasteiger partial charge in [0.2, 0.25) is 5.95 Å². The molecule has 0 radical (unpaired) electrons. The SMILES string of the molecule is CC(C)N(C)CCn1c(N)nc2cc(Br)cnc21. The number of anilines is 1. The molecule has 5 nitrogen and oxygen atoms in total. The van der Waals surface area contributed by atoms with Crippen LogP contribution >= 0.6 is 15.9 Å². The fraction of sp³-hybridized carbons (Fsp3) is 0.500. The molecular weight excluding hydrogens is 294 g/mol. The molecule has 0 bridgehead atoms. The van der Waals surface area contributed by atoms with Crippen LogP contribution in [0, 0.1) is 0 Å². The fourth-order valence-electron chi connectivity index (χ4n) is 1.74. The molecule has 0 aliphatic heterocycles. The quantitative estimate of drug-likeness (QED) is 0.939. The lowest BCUT2D eigenvalue weighted by atomic mass is 10.3. The van der Waals surface area contributed by atoms with Gasteiger partial charge in [-0.15, -0.1) is 0 Å². The Bertz CT molecular complexity index is 549. The molecule has 0 amide bonds. The van der Waals surface area contributed by atoms with Gasteiger partial charge >= 0.3 is 0 Å². The van der Waals surface area contributed by atoms with E-state index < -0.39 is 0 Å². The van der Waals surface area contributed by atoms with Crippen LogP contribution < -0.4 is 5.73 Å². The second-order valence-electron chi connectivity index (χ2n) is 4.69. The van der Waals surface area contributed by atoms with Crippen molar-refractivity contribution in [2.75, 3.05) is 19.3 Å². The summed E-state index contributed by atoms with van der Waals surface area (Å²) in [5.74, 6) is 0.521. The highest BCUT2D eigenvalue weighted by atomic mass is 79.9. The van der Waals surface area contributed by atoms with E-state index in [-0.39, 0.29) is 0 Å². The molecule has 0 unspecified atom stereocenters. The summed E-state index contributed by atoms with van der Waals surface area (Å²) in [6.45, 7) is 6.06. The molecule has 0 saturated carbocycles. The summed E-state index contributed by atoms with van der Waals surface area (Å²) in [6, 6.07) is 2.45. The van der Waals surface area contributed by atoms with Crippen molar-refractivity contribution in [3.63, 3.8) is 0 Å². The van der Waals surface area contributed by atoms with E-state index in [1.807, 2.05) is 10.6 Å². The van der Waals surface area contributed by atoms with Crippen molar-refractivity contribution in [1.29, 1.82) is 0 Å². The Hall–Kier alpha value is -1.14. The molecule has 0 aromatic carbocycles. The molecule has 0 saturated heterocycles. The number of nitrogens with two attached hydrogens (primary N) is 1. The number of nitrogens with zero attached hydrogens (tertiary/aromatic N) is 4. The summed E-state index contributed by atoms with van der Waals surface area (Å²) < 4.78 is 2.87. The largest absolute Gasteiger partial charge is 0.369 e. The van der Waals surface area contributed by atoms with Crippen LogP contribution in [0.1, 0.15) is 13.8 Å². The first-order chi connectivity index (χ1) is 8.49.